The molecule has 0 bridgehead atoms. The normalized spacial score (nSPS) is 21.8. The van der Waals surface area contributed by atoms with Crippen molar-refractivity contribution in [2.75, 3.05) is 32.8 Å². The van der Waals surface area contributed by atoms with E-state index in [2.05, 4.69) is 52.5 Å². The molecule has 1 aromatic carbocycles. The zero-order valence-corrected chi connectivity index (χ0v) is 18.0. The van der Waals surface area contributed by atoms with Gasteiger partial charge < -0.3 is 15.0 Å². The molecule has 0 spiro atoms. The number of amides is 1. The molecule has 1 amide bonds. The summed E-state index contributed by atoms with van der Waals surface area (Å²) in [6.07, 6.45) is 8.24. The van der Waals surface area contributed by atoms with Gasteiger partial charge in [-0.05, 0) is 68.0 Å². The van der Waals surface area contributed by atoms with E-state index in [0.29, 0.717) is 13.2 Å². The highest BCUT2D eigenvalue weighted by Crippen LogP contribution is 2.35. The van der Waals surface area contributed by atoms with Crippen LogP contribution in [0.5, 0.6) is 0 Å². The molecule has 1 aromatic heterocycles. The van der Waals surface area contributed by atoms with E-state index < -0.39 is 0 Å². The van der Waals surface area contributed by atoms with Crippen LogP contribution in [0, 0.1) is 5.41 Å². The third-order valence-corrected chi connectivity index (χ3v) is 6.71. The first kappa shape index (κ1) is 21.0. The van der Waals surface area contributed by atoms with E-state index in [1.54, 1.807) is 6.20 Å². The molecule has 1 N–H and O–H groups in total. The van der Waals surface area contributed by atoms with Crippen LogP contribution in [-0.2, 0) is 16.0 Å². The van der Waals surface area contributed by atoms with E-state index in [1.807, 2.05) is 12.3 Å². The lowest BCUT2D eigenvalue weighted by atomic mass is 9.74. The minimum Gasteiger partial charge on any atom is -0.381 e. The Bertz CT molecular complexity index is 816. The highest BCUT2D eigenvalue weighted by Gasteiger charge is 2.41. The number of hydrogen-bond donors (Lipinski definition) is 1. The molecule has 0 aliphatic carbocycles. The summed E-state index contributed by atoms with van der Waals surface area (Å²) in [6, 6.07) is 12.9. The molecular weight excluding hydrogens is 374 g/mol. The highest BCUT2D eigenvalue weighted by atomic mass is 16.5. The number of ether oxygens (including phenoxy) is 1. The zero-order valence-electron chi connectivity index (χ0n) is 18.0. The average molecular weight is 408 g/mol. The van der Waals surface area contributed by atoms with E-state index >= 15 is 0 Å². The van der Waals surface area contributed by atoms with Crippen molar-refractivity contribution in [1.82, 2.24) is 15.2 Å². The number of aromatic nitrogens is 1. The Morgan fingerprint density at radius 3 is 2.70 bits per heavy atom. The van der Waals surface area contributed by atoms with Crippen molar-refractivity contribution in [3.8, 4) is 11.1 Å². The Morgan fingerprint density at radius 2 is 2.00 bits per heavy atom. The first-order chi connectivity index (χ1) is 14.7. The van der Waals surface area contributed by atoms with Crippen LogP contribution in [-0.4, -0.2) is 54.7 Å². The Kier molecular flexibility index (Phi) is 6.80. The third-order valence-electron chi connectivity index (χ3n) is 6.71. The summed E-state index contributed by atoms with van der Waals surface area (Å²) in [5.74, 6) is 0.213. The van der Waals surface area contributed by atoms with Crippen LogP contribution in [0.2, 0.25) is 0 Å². The summed E-state index contributed by atoms with van der Waals surface area (Å²) < 4.78 is 5.62. The van der Waals surface area contributed by atoms with Gasteiger partial charge in [-0.2, -0.15) is 0 Å². The van der Waals surface area contributed by atoms with Gasteiger partial charge in [0.1, 0.15) is 0 Å². The van der Waals surface area contributed by atoms with Gasteiger partial charge in [0, 0.05) is 38.2 Å². The van der Waals surface area contributed by atoms with Gasteiger partial charge in [0.2, 0.25) is 5.91 Å². The van der Waals surface area contributed by atoms with Crippen LogP contribution in [0.15, 0.2) is 48.8 Å². The lowest BCUT2D eigenvalue weighted by Gasteiger charge is -2.39. The van der Waals surface area contributed by atoms with Crippen molar-refractivity contribution < 1.29 is 9.53 Å². The fourth-order valence-electron chi connectivity index (χ4n) is 4.78. The van der Waals surface area contributed by atoms with Crippen LogP contribution >= 0.6 is 0 Å². The zero-order chi connectivity index (χ0) is 20.8. The lowest BCUT2D eigenvalue weighted by molar-refractivity contribution is -0.137. The number of nitrogens with one attached hydrogen (secondary N) is 1. The van der Waals surface area contributed by atoms with E-state index in [9.17, 15) is 4.79 Å². The number of hydrogen-bond acceptors (Lipinski definition) is 4. The predicted octanol–water partition coefficient (Wildman–Crippen LogP) is 3.69. The molecule has 160 valence electrons. The van der Waals surface area contributed by atoms with Crippen LogP contribution in [0.4, 0.5) is 0 Å². The Balaban J connectivity index is 1.47. The molecule has 3 heterocycles. The minimum atomic E-state index is -0.372. The molecule has 0 unspecified atom stereocenters. The van der Waals surface area contributed by atoms with Crippen molar-refractivity contribution in [1.29, 1.82) is 0 Å². The van der Waals surface area contributed by atoms with E-state index in [1.165, 1.54) is 5.56 Å². The number of carbonyl (C=O) groups is 1. The van der Waals surface area contributed by atoms with Crippen molar-refractivity contribution >= 4 is 5.91 Å². The molecule has 2 saturated heterocycles. The molecule has 2 fully saturated rings. The van der Waals surface area contributed by atoms with Gasteiger partial charge >= 0.3 is 0 Å². The largest absolute Gasteiger partial charge is 0.381 e. The number of nitrogens with zero attached hydrogens (tertiary/aromatic N) is 2. The second kappa shape index (κ2) is 9.71. The Morgan fingerprint density at radius 1 is 1.20 bits per heavy atom. The summed E-state index contributed by atoms with van der Waals surface area (Å²) >= 11 is 0. The monoisotopic (exact) mass is 407 g/mol. The molecule has 2 aliphatic rings. The summed E-state index contributed by atoms with van der Waals surface area (Å²) in [5.41, 5.74) is 3.10. The van der Waals surface area contributed by atoms with Crippen LogP contribution in [0.25, 0.3) is 11.1 Å². The smallest absolute Gasteiger partial charge is 0.226 e. The van der Waals surface area contributed by atoms with Crippen molar-refractivity contribution in [2.45, 2.75) is 45.1 Å². The molecule has 5 nitrogen and oxygen atoms in total. The summed E-state index contributed by atoms with van der Waals surface area (Å²) in [7, 11) is 0. The molecule has 0 saturated carbocycles. The van der Waals surface area contributed by atoms with E-state index in [4.69, 9.17) is 4.74 Å². The SMILES string of the molecule is CCN1CCC[C@H](NC(=O)C2(Cc3ccc(-c4cccnc4)cc3)CCOCC2)C1. The van der Waals surface area contributed by atoms with Gasteiger partial charge in [-0.3, -0.25) is 9.78 Å². The summed E-state index contributed by atoms with van der Waals surface area (Å²) in [5, 5.41) is 3.41. The number of benzene rings is 1. The van der Waals surface area contributed by atoms with E-state index in [0.717, 1.165) is 62.9 Å². The number of rotatable bonds is 6. The maximum atomic E-state index is 13.5. The van der Waals surface area contributed by atoms with E-state index in [-0.39, 0.29) is 17.4 Å². The first-order valence-electron chi connectivity index (χ1n) is 11.3. The molecule has 4 rings (SSSR count). The number of carbonyl (C=O) groups excluding carboxylic acids is 1. The van der Waals surface area contributed by atoms with Crippen molar-refractivity contribution in [3.63, 3.8) is 0 Å². The van der Waals surface area contributed by atoms with Crippen LogP contribution < -0.4 is 5.32 Å². The molecular formula is C25H33N3O2. The number of likely N-dealkylation sites (N-methyl/N-ethyl adjacent to an activating group) is 1. The van der Waals surface area contributed by atoms with Crippen LogP contribution in [0.1, 0.15) is 38.2 Å². The fraction of sp³-hybridized carbons (Fsp3) is 0.520. The second-order valence-electron chi connectivity index (χ2n) is 8.71. The molecule has 1 atom stereocenters. The Hall–Kier alpha value is -2.24. The quantitative estimate of drug-likeness (QED) is 0.794. The average Bonchev–Trinajstić information content (AvgIpc) is 2.81. The number of pyridine rings is 1. The third kappa shape index (κ3) is 4.90. The summed E-state index contributed by atoms with van der Waals surface area (Å²) in [4.78, 5) is 20.1. The van der Waals surface area contributed by atoms with Gasteiger partial charge in [-0.25, -0.2) is 0 Å². The summed E-state index contributed by atoms with van der Waals surface area (Å²) in [6.45, 7) is 6.67. The molecule has 2 aromatic rings. The molecule has 30 heavy (non-hydrogen) atoms. The van der Waals surface area contributed by atoms with Crippen molar-refractivity contribution in [2.24, 2.45) is 5.41 Å². The van der Waals surface area contributed by atoms with Crippen molar-refractivity contribution in [3.05, 3.63) is 54.4 Å². The maximum Gasteiger partial charge on any atom is 0.226 e. The highest BCUT2D eigenvalue weighted by molar-refractivity contribution is 5.83. The first-order valence-corrected chi connectivity index (χ1v) is 11.3. The van der Waals surface area contributed by atoms with Gasteiger partial charge in [-0.1, -0.05) is 37.3 Å². The maximum absolute atomic E-state index is 13.5. The van der Waals surface area contributed by atoms with Crippen LogP contribution in [0.3, 0.4) is 0 Å². The molecule has 2 aliphatic heterocycles. The van der Waals surface area contributed by atoms with Gasteiger partial charge in [0.25, 0.3) is 0 Å². The Labute approximate surface area is 179 Å². The number of likely N-dealkylation sites (tertiary alicyclic amines) is 1. The fourth-order valence-corrected chi connectivity index (χ4v) is 4.78. The lowest BCUT2D eigenvalue weighted by Crippen LogP contribution is -2.53. The van der Waals surface area contributed by atoms with Gasteiger partial charge in [0.15, 0.2) is 0 Å². The predicted molar refractivity (Wildman–Crippen MR) is 119 cm³/mol. The van der Waals surface area contributed by atoms with Gasteiger partial charge in [0.05, 0.1) is 5.41 Å². The standard InChI is InChI=1S/C25H33N3O2/c1-2-28-14-4-6-23(19-28)27-24(29)25(11-15-30-16-12-25)17-20-7-9-21(10-8-20)22-5-3-13-26-18-22/h3,5,7-10,13,18,23H,2,4,6,11-12,14-17,19H2,1H3,(H,27,29)/t23-/m0/s1. The number of piperidine rings is 1. The second-order valence-corrected chi connectivity index (χ2v) is 8.71. The minimum absolute atomic E-state index is 0.213. The molecule has 5 heteroatoms. The topological polar surface area (TPSA) is 54.5 Å². The van der Waals surface area contributed by atoms with Gasteiger partial charge in [-0.15, -0.1) is 0 Å². The molecule has 0 radical (unpaired) electrons.